The van der Waals surface area contributed by atoms with Gasteiger partial charge >= 0.3 is 0 Å². The molecule has 0 bridgehead atoms. The molecule has 3 nitrogen and oxygen atoms in total. The fourth-order valence-electron chi connectivity index (χ4n) is 1.41. The van der Waals surface area contributed by atoms with E-state index >= 15 is 0 Å². The Kier molecular flexibility index (Phi) is 1.59. The minimum absolute atomic E-state index is 0.207. The van der Waals surface area contributed by atoms with E-state index in [1.807, 2.05) is 19.1 Å². The van der Waals surface area contributed by atoms with Gasteiger partial charge in [0.15, 0.2) is 5.75 Å². The van der Waals surface area contributed by atoms with Gasteiger partial charge in [-0.05, 0) is 12.5 Å². The molecule has 0 aliphatic heterocycles. The molecule has 2 aromatic rings. The summed E-state index contributed by atoms with van der Waals surface area (Å²) < 4.78 is 0. The van der Waals surface area contributed by atoms with Crippen LogP contribution in [-0.4, -0.2) is 10.1 Å². The predicted molar refractivity (Wildman–Crippen MR) is 51.0 cm³/mol. The smallest absolute Gasteiger partial charge is 0.290 e. The second kappa shape index (κ2) is 2.62. The van der Waals surface area contributed by atoms with Crippen LogP contribution >= 0.6 is 0 Å². The van der Waals surface area contributed by atoms with E-state index in [4.69, 9.17) is 0 Å². The molecule has 13 heavy (non-hydrogen) atoms. The summed E-state index contributed by atoms with van der Waals surface area (Å²) in [6.07, 6.45) is 1.62. The number of aromatic amines is 1. The molecule has 2 N–H and O–H groups in total. The number of pyridine rings is 1. The highest BCUT2D eigenvalue weighted by Crippen LogP contribution is 2.21. The number of hydrogen-bond acceptors (Lipinski definition) is 2. The Balaban J connectivity index is 3.03. The first kappa shape index (κ1) is 7.86. The molecule has 2 rings (SSSR count). The largest absolute Gasteiger partial charge is 0.503 e. The lowest BCUT2D eigenvalue weighted by Crippen LogP contribution is -2.04. The van der Waals surface area contributed by atoms with Crippen molar-refractivity contribution in [1.82, 2.24) is 4.98 Å². The number of aryl methyl sites for hydroxylation is 1. The standard InChI is InChI=1S/C10H9NO2/c1-6-3-2-4-7-8(6)5-11-10(13)9(7)12/h2-5,12H,1H3,(H,11,13). The summed E-state index contributed by atoms with van der Waals surface area (Å²) in [5.41, 5.74) is 0.585. The number of hydrogen-bond donors (Lipinski definition) is 2. The number of benzene rings is 1. The summed E-state index contributed by atoms with van der Waals surface area (Å²) >= 11 is 0. The molecule has 0 aliphatic rings. The van der Waals surface area contributed by atoms with Gasteiger partial charge in [-0.2, -0.15) is 0 Å². The maximum Gasteiger partial charge on any atom is 0.290 e. The average molecular weight is 175 g/mol. The normalized spacial score (nSPS) is 10.5. The van der Waals surface area contributed by atoms with Gasteiger partial charge in [-0.1, -0.05) is 18.2 Å². The van der Waals surface area contributed by atoms with Crippen LogP contribution in [-0.2, 0) is 0 Å². The summed E-state index contributed by atoms with van der Waals surface area (Å²) in [6, 6.07) is 5.48. The lowest BCUT2D eigenvalue weighted by molar-refractivity contribution is 0.473. The van der Waals surface area contributed by atoms with E-state index in [9.17, 15) is 9.90 Å². The number of rotatable bonds is 0. The first-order chi connectivity index (χ1) is 6.20. The van der Waals surface area contributed by atoms with Crippen LogP contribution in [0.1, 0.15) is 5.56 Å². The molecule has 0 radical (unpaired) electrons. The van der Waals surface area contributed by atoms with Crippen molar-refractivity contribution in [2.45, 2.75) is 6.92 Å². The Hall–Kier alpha value is -1.77. The Morgan fingerprint density at radius 1 is 1.31 bits per heavy atom. The minimum atomic E-state index is -0.446. The van der Waals surface area contributed by atoms with Gasteiger partial charge in [0.2, 0.25) is 0 Å². The number of H-pyrrole nitrogens is 1. The fourth-order valence-corrected chi connectivity index (χ4v) is 1.41. The SMILES string of the molecule is Cc1cccc2c(O)c(=O)[nH]cc12. The van der Waals surface area contributed by atoms with Crippen molar-refractivity contribution in [3.05, 3.63) is 40.3 Å². The predicted octanol–water partition coefficient (Wildman–Crippen LogP) is 1.54. The van der Waals surface area contributed by atoms with Crippen LogP contribution in [0, 0.1) is 6.92 Å². The van der Waals surface area contributed by atoms with Crippen molar-refractivity contribution in [3.8, 4) is 5.75 Å². The summed E-state index contributed by atoms with van der Waals surface area (Å²) in [6.45, 7) is 1.93. The van der Waals surface area contributed by atoms with Crippen molar-refractivity contribution < 1.29 is 5.11 Å². The van der Waals surface area contributed by atoms with Crippen LogP contribution in [0.2, 0.25) is 0 Å². The Labute approximate surface area is 74.7 Å². The van der Waals surface area contributed by atoms with E-state index in [2.05, 4.69) is 4.98 Å². The van der Waals surface area contributed by atoms with Crippen LogP contribution in [0.25, 0.3) is 10.8 Å². The Morgan fingerprint density at radius 2 is 2.08 bits per heavy atom. The van der Waals surface area contributed by atoms with Crippen LogP contribution in [0.15, 0.2) is 29.2 Å². The summed E-state index contributed by atoms with van der Waals surface area (Å²) in [7, 11) is 0. The second-order valence-corrected chi connectivity index (χ2v) is 3.00. The third kappa shape index (κ3) is 1.09. The summed E-state index contributed by atoms with van der Waals surface area (Å²) in [4.78, 5) is 13.5. The van der Waals surface area contributed by atoms with E-state index in [1.165, 1.54) is 0 Å². The van der Waals surface area contributed by atoms with Gasteiger partial charge in [-0.3, -0.25) is 4.79 Å². The molecule has 0 unspecified atom stereocenters. The molecular formula is C10H9NO2. The molecule has 0 atom stereocenters. The third-order valence-corrected chi connectivity index (χ3v) is 2.14. The van der Waals surface area contributed by atoms with Crippen molar-refractivity contribution in [1.29, 1.82) is 0 Å². The summed E-state index contributed by atoms with van der Waals surface area (Å²) in [5, 5.41) is 10.9. The van der Waals surface area contributed by atoms with E-state index in [1.54, 1.807) is 12.3 Å². The second-order valence-electron chi connectivity index (χ2n) is 3.00. The monoisotopic (exact) mass is 175 g/mol. The highest BCUT2D eigenvalue weighted by molar-refractivity contribution is 5.89. The molecule has 66 valence electrons. The molecule has 0 saturated heterocycles. The van der Waals surface area contributed by atoms with Gasteiger partial charge in [0, 0.05) is 17.0 Å². The van der Waals surface area contributed by atoms with Gasteiger partial charge < -0.3 is 10.1 Å². The van der Waals surface area contributed by atoms with E-state index in [0.29, 0.717) is 5.39 Å². The van der Waals surface area contributed by atoms with Crippen LogP contribution < -0.4 is 5.56 Å². The lowest BCUT2D eigenvalue weighted by atomic mass is 10.1. The topological polar surface area (TPSA) is 53.1 Å². The van der Waals surface area contributed by atoms with Gasteiger partial charge in [-0.25, -0.2) is 0 Å². The first-order valence-corrected chi connectivity index (χ1v) is 4.00. The molecular weight excluding hydrogens is 166 g/mol. The number of fused-ring (bicyclic) bond motifs is 1. The molecule has 1 aromatic carbocycles. The fraction of sp³-hybridized carbons (Fsp3) is 0.100. The highest BCUT2D eigenvalue weighted by atomic mass is 16.3. The maximum absolute atomic E-state index is 11.0. The van der Waals surface area contributed by atoms with Crippen molar-refractivity contribution in [2.24, 2.45) is 0 Å². The highest BCUT2D eigenvalue weighted by Gasteiger charge is 2.04. The number of nitrogens with one attached hydrogen (secondary N) is 1. The van der Waals surface area contributed by atoms with Gasteiger partial charge in [0.1, 0.15) is 0 Å². The zero-order chi connectivity index (χ0) is 9.42. The Bertz CT molecular complexity index is 514. The van der Waals surface area contributed by atoms with Crippen molar-refractivity contribution in [3.63, 3.8) is 0 Å². The molecule has 1 heterocycles. The number of aromatic nitrogens is 1. The van der Waals surface area contributed by atoms with Crippen LogP contribution in [0.3, 0.4) is 0 Å². The third-order valence-electron chi connectivity index (χ3n) is 2.14. The molecule has 0 aliphatic carbocycles. The molecule has 0 amide bonds. The van der Waals surface area contributed by atoms with Crippen molar-refractivity contribution in [2.75, 3.05) is 0 Å². The molecule has 0 fully saturated rings. The van der Waals surface area contributed by atoms with Crippen molar-refractivity contribution >= 4 is 10.8 Å². The lowest BCUT2D eigenvalue weighted by Gasteiger charge is -2.01. The van der Waals surface area contributed by atoms with Gasteiger partial charge in [-0.15, -0.1) is 0 Å². The quantitative estimate of drug-likeness (QED) is 0.638. The van der Waals surface area contributed by atoms with E-state index in [0.717, 1.165) is 10.9 Å². The Morgan fingerprint density at radius 3 is 2.85 bits per heavy atom. The van der Waals surface area contributed by atoms with Gasteiger partial charge in [0.05, 0.1) is 0 Å². The van der Waals surface area contributed by atoms with Gasteiger partial charge in [0.25, 0.3) is 5.56 Å². The molecule has 1 aromatic heterocycles. The zero-order valence-electron chi connectivity index (χ0n) is 7.16. The van der Waals surface area contributed by atoms with Crippen LogP contribution in [0.5, 0.6) is 5.75 Å². The zero-order valence-corrected chi connectivity index (χ0v) is 7.16. The molecule has 3 heteroatoms. The van der Waals surface area contributed by atoms with Crippen LogP contribution in [0.4, 0.5) is 0 Å². The molecule has 0 spiro atoms. The maximum atomic E-state index is 11.0. The average Bonchev–Trinajstić information content (AvgIpc) is 2.12. The number of aromatic hydroxyl groups is 1. The molecule has 0 saturated carbocycles. The van der Waals surface area contributed by atoms with E-state index < -0.39 is 5.56 Å². The van der Waals surface area contributed by atoms with E-state index in [-0.39, 0.29) is 5.75 Å². The first-order valence-electron chi connectivity index (χ1n) is 4.00. The minimum Gasteiger partial charge on any atom is -0.503 e. The summed E-state index contributed by atoms with van der Waals surface area (Å²) in [5.74, 6) is -0.207.